The average Bonchev–Trinajstić information content (AvgIpc) is 2.36. The number of carbonyl (C=O) groups is 2. The van der Waals surface area contributed by atoms with Crippen molar-refractivity contribution in [2.24, 2.45) is 0 Å². The molecule has 1 aromatic carbocycles. The predicted molar refractivity (Wildman–Crippen MR) is 77.4 cm³/mol. The molecule has 19 heavy (non-hydrogen) atoms. The van der Waals surface area contributed by atoms with Gasteiger partial charge in [-0.15, -0.1) is 0 Å². The molecular formula is C16H23NO2. The number of rotatable bonds is 4. The zero-order chi connectivity index (χ0) is 14.6. The molecule has 104 valence electrons. The Hall–Kier alpha value is -1.64. The number of carbonyl (C=O) groups excluding carboxylic acids is 2. The van der Waals surface area contributed by atoms with E-state index in [1.165, 1.54) is 0 Å². The molecule has 0 aliphatic rings. The topological polar surface area (TPSA) is 46.2 Å². The van der Waals surface area contributed by atoms with Gasteiger partial charge in [0.25, 0.3) is 5.91 Å². The first kappa shape index (κ1) is 15.4. The van der Waals surface area contributed by atoms with Crippen molar-refractivity contribution >= 4 is 11.7 Å². The highest BCUT2D eigenvalue weighted by Crippen LogP contribution is 2.25. The van der Waals surface area contributed by atoms with Crippen LogP contribution in [0.15, 0.2) is 24.3 Å². The Morgan fingerprint density at radius 2 is 1.79 bits per heavy atom. The van der Waals surface area contributed by atoms with E-state index in [2.05, 4.69) is 26.1 Å². The van der Waals surface area contributed by atoms with Gasteiger partial charge in [0.05, 0.1) is 6.04 Å². The number of Topliss-reactive ketones (excluding diaryl/α,β-unsaturated/α-hetero) is 1. The van der Waals surface area contributed by atoms with E-state index in [-0.39, 0.29) is 17.1 Å². The number of amides is 1. The summed E-state index contributed by atoms with van der Waals surface area (Å²) in [6.07, 6.45) is 0.433. The van der Waals surface area contributed by atoms with Gasteiger partial charge in [-0.05, 0) is 24.0 Å². The first-order chi connectivity index (χ1) is 8.77. The Morgan fingerprint density at radius 1 is 1.21 bits per heavy atom. The lowest BCUT2D eigenvalue weighted by Gasteiger charge is -2.23. The third kappa shape index (κ3) is 3.91. The molecule has 1 unspecified atom stereocenters. The summed E-state index contributed by atoms with van der Waals surface area (Å²) in [6.45, 7) is 9.73. The SMILES string of the molecule is CCC(=O)C(C)NC(=O)c1ccccc1C(C)(C)C. The highest BCUT2D eigenvalue weighted by atomic mass is 16.2. The molecule has 0 bridgehead atoms. The molecule has 0 aromatic heterocycles. The van der Waals surface area contributed by atoms with Crippen molar-refractivity contribution in [3.63, 3.8) is 0 Å². The largest absolute Gasteiger partial charge is 0.343 e. The summed E-state index contributed by atoms with van der Waals surface area (Å²) >= 11 is 0. The summed E-state index contributed by atoms with van der Waals surface area (Å²) in [4.78, 5) is 23.8. The lowest BCUT2D eigenvalue weighted by Crippen LogP contribution is -2.39. The number of hydrogen-bond acceptors (Lipinski definition) is 2. The van der Waals surface area contributed by atoms with Crippen LogP contribution in [0.5, 0.6) is 0 Å². The van der Waals surface area contributed by atoms with Gasteiger partial charge in [0, 0.05) is 12.0 Å². The molecular weight excluding hydrogens is 238 g/mol. The first-order valence-corrected chi connectivity index (χ1v) is 6.70. The molecule has 0 saturated carbocycles. The van der Waals surface area contributed by atoms with E-state index in [0.29, 0.717) is 12.0 Å². The smallest absolute Gasteiger partial charge is 0.252 e. The zero-order valence-electron chi connectivity index (χ0n) is 12.4. The Morgan fingerprint density at radius 3 is 2.32 bits per heavy atom. The fourth-order valence-corrected chi connectivity index (χ4v) is 2.00. The minimum Gasteiger partial charge on any atom is -0.343 e. The van der Waals surface area contributed by atoms with E-state index in [0.717, 1.165) is 5.56 Å². The van der Waals surface area contributed by atoms with E-state index in [9.17, 15) is 9.59 Å². The Bertz CT molecular complexity index is 472. The van der Waals surface area contributed by atoms with E-state index >= 15 is 0 Å². The van der Waals surface area contributed by atoms with Gasteiger partial charge in [-0.1, -0.05) is 45.9 Å². The molecule has 0 aliphatic carbocycles. The van der Waals surface area contributed by atoms with Gasteiger partial charge in [0.2, 0.25) is 0 Å². The summed E-state index contributed by atoms with van der Waals surface area (Å²) in [5.74, 6) is -0.138. The van der Waals surface area contributed by atoms with Crippen LogP contribution in [0.3, 0.4) is 0 Å². The fourth-order valence-electron chi connectivity index (χ4n) is 2.00. The molecule has 0 fully saturated rings. The van der Waals surface area contributed by atoms with Gasteiger partial charge < -0.3 is 5.32 Å². The lowest BCUT2D eigenvalue weighted by molar-refractivity contribution is -0.120. The lowest BCUT2D eigenvalue weighted by atomic mass is 9.83. The van der Waals surface area contributed by atoms with Gasteiger partial charge in [-0.25, -0.2) is 0 Å². The summed E-state index contributed by atoms with van der Waals surface area (Å²) in [5.41, 5.74) is 1.53. The molecule has 3 heteroatoms. The van der Waals surface area contributed by atoms with Crippen molar-refractivity contribution < 1.29 is 9.59 Å². The van der Waals surface area contributed by atoms with Crippen LogP contribution >= 0.6 is 0 Å². The maximum absolute atomic E-state index is 12.3. The normalized spacial score (nSPS) is 12.9. The molecule has 0 saturated heterocycles. The van der Waals surface area contributed by atoms with E-state index in [1.807, 2.05) is 18.2 Å². The van der Waals surface area contributed by atoms with Gasteiger partial charge >= 0.3 is 0 Å². The monoisotopic (exact) mass is 261 g/mol. The van der Waals surface area contributed by atoms with E-state index in [1.54, 1.807) is 19.9 Å². The van der Waals surface area contributed by atoms with Crippen LogP contribution in [0, 0.1) is 0 Å². The van der Waals surface area contributed by atoms with Crippen molar-refractivity contribution in [2.75, 3.05) is 0 Å². The molecule has 0 heterocycles. The average molecular weight is 261 g/mol. The van der Waals surface area contributed by atoms with Crippen molar-refractivity contribution in [1.29, 1.82) is 0 Å². The summed E-state index contributed by atoms with van der Waals surface area (Å²) in [5, 5.41) is 2.77. The van der Waals surface area contributed by atoms with Crippen LogP contribution in [0.1, 0.15) is 57.0 Å². The molecule has 1 N–H and O–H groups in total. The fraction of sp³-hybridized carbons (Fsp3) is 0.500. The maximum atomic E-state index is 12.3. The highest BCUT2D eigenvalue weighted by molar-refractivity contribution is 5.99. The Balaban J connectivity index is 2.98. The van der Waals surface area contributed by atoms with E-state index in [4.69, 9.17) is 0 Å². The number of nitrogens with one attached hydrogen (secondary N) is 1. The van der Waals surface area contributed by atoms with Crippen LogP contribution in [0.2, 0.25) is 0 Å². The summed E-state index contributed by atoms with van der Waals surface area (Å²) in [6, 6.07) is 7.10. The molecule has 0 aliphatic heterocycles. The van der Waals surface area contributed by atoms with Crippen LogP contribution in [-0.2, 0) is 10.2 Å². The van der Waals surface area contributed by atoms with Crippen molar-refractivity contribution in [3.8, 4) is 0 Å². The second-order valence-corrected chi connectivity index (χ2v) is 5.81. The van der Waals surface area contributed by atoms with Gasteiger partial charge in [-0.3, -0.25) is 9.59 Å². The third-order valence-electron chi connectivity index (χ3n) is 3.16. The first-order valence-electron chi connectivity index (χ1n) is 6.70. The highest BCUT2D eigenvalue weighted by Gasteiger charge is 2.22. The molecule has 1 rings (SSSR count). The molecule has 1 atom stereocenters. The zero-order valence-corrected chi connectivity index (χ0v) is 12.4. The van der Waals surface area contributed by atoms with Crippen molar-refractivity contribution in [2.45, 2.75) is 52.5 Å². The molecule has 1 amide bonds. The van der Waals surface area contributed by atoms with Crippen LogP contribution in [-0.4, -0.2) is 17.7 Å². The van der Waals surface area contributed by atoms with Crippen molar-refractivity contribution in [1.82, 2.24) is 5.32 Å². The number of benzene rings is 1. The molecule has 3 nitrogen and oxygen atoms in total. The Kier molecular flexibility index (Phi) is 4.87. The summed E-state index contributed by atoms with van der Waals surface area (Å²) < 4.78 is 0. The number of ketones is 1. The predicted octanol–water partition coefficient (Wildman–Crippen LogP) is 3.08. The second-order valence-electron chi connectivity index (χ2n) is 5.81. The molecule has 1 aromatic rings. The van der Waals surface area contributed by atoms with Gasteiger partial charge in [0.15, 0.2) is 5.78 Å². The van der Waals surface area contributed by atoms with E-state index < -0.39 is 6.04 Å². The quantitative estimate of drug-likeness (QED) is 0.905. The standard InChI is InChI=1S/C16H23NO2/c1-6-14(18)11(2)17-15(19)12-9-7-8-10-13(12)16(3,4)5/h7-11H,6H2,1-5H3,(H,17,19). The molecule has 0 spiro atoms. The summed E-state index contributed by atoms with van der Waals surface area (Å²) in [7, 11) is 0. The van der Waals surface area contributed by atoms with Crippen LogP contribution in [0.25, 0.3) is 0 Å². The Labute approximate surface area is 115 Å². The minimum atomic E-state index is -0.439. The number of hydrogen-bond donors (Lipinski definition) is 1. The second kappa shape index (κ2) is 6.00. The third-order valence-corrected chi connectivity index (χ3v) is 3.16. The van der Waals surface area contributed by atoms with Crippen LogP contribution < -0.4 is 5.32 Å². The van der Waals surface area contributed by atoms with Gasteiger partial charge in [0.1, 0.15) is 0 Å². The maximum Gasteiger partial charge on any atom is 0.252 e. The minimum absolute atomic E-state index is 0.0431. The van der Waals surface area contributed by atoms with Crippen molar-refractivity contribution in [3.05, 3.63) is 35.4 Å². The molecule has 0 radical (unpaired) electrons. The van der Waals surface area contributed by atoms with Crippen LogP contribution in [0.4, 0.5) is 0 Å². The van der Waals surface area contributed by atoms with Gasteiger partial charge in [-0.2, -0.15) is 0 Å².